The quantitative estimate of drug-likeness (QED) is 0.920. The van der Waals surface area contributed by atoms with Gasteiger partial charge in [0.25, 0.3) is 0 Å². The molecule has 2 fully saturated rings. The summed E-state index contributed by atoms with van der Waals surface area (Å²) in [7, 11) is 2.01. The number of halogens is 1. The van der Waals surface area contributed by atoms with Gasteiger partial charge in [-0.15, -0.1) is 0 Å². The number of ether oxygens (including phenoxy) is 1. The molecule has 0 aliphatic carbocycles. The first-order valence-corrected chi connectivity index (χ1v) is 8.94. The van der Waals surface area contributed by atoms with Gasteiger partial charge >= 0.3 is 0 Å². The Bertz CT molecular complexity index is 502. The number of hydrogen-bond acceptors (Lipinski definition) is 3. The summed E-state index contributed by atoms with van der Waals surface area (Å²) in [5.74, 6) is 2.78. The molecule has 3 atom stereocenters. The zero-order valence-electron chi connectivity index (χ0n) is 12.8. The van der Waals surface area contributed by atoms with Gasteiger partial charge in [0, 0.05) is 18.4 Å². The summed E-state index contributed by atoms with van der Waals surface area (Å²) in [5, 5.41) is 3.46. The van der Waals surface area contributed by atoms with Crippen molar-refractivity contribution in [2.45, 2.75) is 37.8 Å². The average Bonchev–Trinajstić information content (AvgIpc) is 2.91. The molecule has 2 nitrogen and oxygen atoms in total. The second-order valence-corrected chi connectivity index (χ2v) is 7.47. The summed E-state index contributed by atoms with van der Waals surface area (Å²) in [6.45, 7) is 2.69. The molecule has 2 aliphatic rings. The van der Waals surface area contributed by atoms with Crippen molar-refractivity contribution in [2.75, 3.05) is 25.2 Å². The molecule has 1 spiro atoms. The highest BCUT2D eigenvalue weighted by Gasteiger charge is 2.42. The zero-order chi connectivity index (χ0) is 14.9. The molecule has 1 aromatic rings. The van der Waals surface area contributed by atoms with Crippen molar-refractivity contribution >= 4 is 11.8 Å². The van der Waals surface area contributed by atoms with Crippen LogP contribution in [0.4, 0.5) is 4.39 Å². The van der Waals surface area contributed by atoms with E-state index in [1.165, 1.54) is 17.7 Å². The van der Waals surface area contributed by atoms with Gasteiger partial charge in [-0.05, 0) is 62.1 Å². The Kier molecular flexibility index (Phi) is 4.57. The minimum Gasteiger partial charge on any atom is -0.374 e. The second-order valence-electron chi connectivity index (χ2n) is 6.36. The van der Waals surface area contributed by atoms with E-state index in [-0.39, 0.29) is 17.5 Å². The first-order valence-electron chi connectivity index (χ1n) is 7.79. The maximum Gasteiger partial charge on any atom is 0.126 e. The lowest BCUT2D eigenvalue weighted by Gasteiger charge is -2.41. The van der Waals surface area contributed by atoms with E-state index in [0.29, 0.717) is 5.92 Å². The van der Waals surface area contributed by atoms with Crippen LogP contribution in [-0.2, 0) is 4.74 Å². The van der Waals surface area contributed by atoms with Crippen LogP contribution in [-0.4, -0.2) is 30.8 Å². The SMILES string of the molecule is CNC(c1ccc(F)c(C)c1)C1CCOC2(CCSC2)C1. The molecule has 4 heteroatoms. The monoisotopic (exact) mass is 309 g/mol. The van der Waals surface area contributed by atoms with Crippen molar-refractivity contribution in [3.05, 3.63) is 35.1 Å². The van der Waals surface area contributed by atoms with Crippen LogP contribution >= 0.6 is 11.8 Å². The maximum atomic E-state index is 13.5. The van der Waals surface area contributed by atoms with Crippen molar-refractivity contribution in [3.63, 3.8) is 0 Å². The van der Waals surface area contributed by atoms with Crippen LogP contribution in [0.15, 0.2) is 18.2 Å². The molecule has 0 bridgehead atoms. The van der Waals surface area contributed by atoms with Crippen molar-refractivity contribution in [2.24, 2.45) is 5.92 Å². The summed E-state index contributed by atoms with van der Waals surface area (Å²) in [6.07, 6.45) is 3.36. The van der Waals surface area contributed by atoms with Crippen LogP contribution in [0.3, 0.4) is 0 Å². The van der Waals surface area contributed by atoms with Crippen molar-refractivity contribution < 1.29 is 9.13 Å². The van der Waals surface area contributed by atoms with Gasteiger partial charge in [-0.25, -0.2) is 4.39 Å². The minimum absolute atomic E-state index is 0.0950. The van der Waals surface area contributed by atoms with E-state index in [4.69, 9.17) is 4.74 Å². The normalized spacial score (nSPS) is 30.7. The molecule has 2 heterocycles. The standard InChI is InChI=1S/C17H24FNOS/c1-12-9-13(3-4-15(12)18)16(19-2)14-5-7-20-17(10-14)6-8-21-11-17/h3-4,9,14,16,19H,5-8,10-11H2,1-2H3. The van der Waals surface area contributed by atoms with Gasteiger partial charge in [-0.2, -0.15) is 11.8 Å². The van der Waals surface area contributed by atoms with E-state index in [1.807, 2.05) is 37.9 Å². The minimum atomic E-state index is -0.121. The Morgan fingerprint density at radius 3 is 3.00 bits per heavy atom. The van der Waals surface area contributed by atoms with E-state index < -0.39 is 0 Å². The zero-order valence-corrected chi connectivity index (χ0v) is 13.6. The van der Waals surface area contributed by atoms with E-state index in [9.17, 15) is 4.39 Å². The molecular formula is C17H24FNOS. The predicted molar refractivity (Wildman–Crippen MR) is 86.3 cm³/mol. The second kappa shape index (κ2) is 6.27. The van der Waals surface area contributed by atoms with E-state index in [1.54, 1.807) is 6.07 Å². The third-order valence-corrected chi connectivity index (χ3v) is 6.14. The van der Waals surface area contributed by atoms with Gasteiger partial charge in [-0.3, -0.25) is 0 Å². The van der Waals surface area contributed by atoms with Crippen LogP contribution in [0.25, 0.3) is 0 Å². The number of thioether (sulfide) groups is 1. The first kappa shape index (κ1) is 15.3. The lowest BCUT2D eigenvalue weighted by atomic mass is 9.79. The number of benzene rings is 1. The first-order chi connectivity index (χ1) is 10.1. The number of aryl methyl sites for hydroxylation is 1. The molecule has 21 heavy (non-hydrogen) atoms. The highest BCUT2D eigenvalue weighted by atomic mass is 32.2. The maximum absolute atomic E-state index is 13.5. The Labute approximate surface area is 130 Å². The summed E-state index contributed by atoms with van der Waals surface area (Å²) in [6, 6.07) is 5.79. The van der Waals surface area contributed by atoms with Gasteiger partial charge in [0.05, 0.1) is 5.60 Å². The molecule has 1 aromatic carbocycles. The number of rotatable bonds is 3. The van der Waals surface area contributed by atoms with E-state index in [0.717, 1.165) is 30.8 Å². The average molecular weight is 309 g/mol. The van der Waals surface area contributed by atoms with Gasteiger partial charge in [0.15, 0.2) is 0 Å². The number of nitrogens with one attached hydrogen (secondary N) is 1. The summed E-state index contributed by atoms with van der Waals surface area (Å²) >= 11 is 2.01. The molecule has 1 N–H and O–H groups in total. The van der Waals surface area contributed by atoms with Crippen molar-refractivity contribution in [1.82, 2.24) is 5.32 Å². The molecule has 3 rings (SSSR count). The number of hydrogen-bond donors (Lipinski definition) is 1. The fourth-order valence-electron chi connectivity index (χ4n) is 3.75. The molecule has 3 unspecified atom stereocenters. The topological polar surface area (TPSA) is 21.3 Å². The van der Waals surface area contributed by atoms with Crippen molar-refractivity contribution in [1.29, 1.82) is 0 Å². The highest BCUT2D eigenvalue weighted by Crippen LogP contribution is 2.44. The molecular weight excluding hydrogens is 285 g/mol. The molecule has 0 aromatic heterocycles. The molecule has 0 saturated carbocycles. The largest absolute Gasteiger partial charge is 0.374 e. The fourth-order valence-corrected chi connectivity index (χ4v) is 5.13. The predicted octanol–water partition coefficient (Wildman–Crippen LogP) is 3.70. The van der Waals surface area contributed by atoms with Crippen LogP contribution in [0, 0.1) is 18.7 Å². The molecule has 2 aliphatic heterocycles. The summed E-state index contributed by atoms with van der Waals surface area (Å²) < 4.78 is 19.6. The Morgan fingerprint density at radius 1 is 1.48 bits per heavy atom. The lowest BCUT2D eigenvalue weighted by Crippen LogP contribution is -2.43. The molecule has 2 saturated heterocycles. The third kappa shape index (κ3) is 3.13. The van der Waals surface area contributed by atoms with Gasteiger partial charge in [-0.1, -0.05) is 12.1 Å². The highest BCUT2D eigenvalue weighted by molar-refractivity contribution is 7.99. The van der Waals surface area contributed by atoms with Crippen LogP contribution in [0.2, 0.25) is 0 Å². The third-order valence-electron chi connectivity index (χ3n) is 4.92. The van der Waals surface area contributed by atoms with Gasteiger partial charge in [0.1, 0.15) is 5.82 Å². The lowest BCUT2D eigenvalue weighted by molar-refractivity contribution is -0.0850. The Balaban J connectivity index is 1.80. The van der Waals surface area contributed by atoms with E-state index >= 15 is 0 Å². The smallest absolute Gasteiger partial charge is 0.126 e. The van der Waals surface area contributed by atoms with Crippen molar-refractivity contribution in [3.8, 4) is 0 Å². The molecule has 0 amide bonds. The Hall–Kier alpha value is -0.580. The van der Waals surface area contributed by atoms with Crippen LogP contribution in [0.5, 0.6) is 0 Å². The van der Waals surface area contributed by atoms with E-state index in [2.05, 4.69) is 5.32 Å². The summed E-state index contributed by atoms with van der Waals surface area (Å²) in [5.41, 5.74) is 2.02. The molecule has 116 valence electrons. The van der Waals surface area contributed by atoms with Gasteiger partial charge < -0.3 is 10.1 Å². The van der Waals surface area contributed by atoms with Crippen LogP contribution in [0.1, 0.15) is 36.4 Å². The Morgan fingerprint density at radius 2 is 2.33 bits per heavy atom. The summed E-state index contributed by atoms with van der Waals surface area (Å²) in [4.78, 5) is 0. The van der Waals surface area contributed by atoms with Crippen LogP contribution < -0.4 is 5.32 Å². The van der Waals surface area contributed by atoms with Gasteiger partial charge in [0.2, 0.25) is 0 Å². The molecule has 0 radical (unpaired) electrons. The fraction of sp³-hybridized carbons (Fsp3) is 0.647.